The minimum absolute atomic E-state index is 0. The first kappa shape index (κ1) is 17.0. The lowest BCUT2D eigenvalue weighted by Crippen LogP contribution is -2.48. The maximum Gasteiger partial charge on any atom is 0.193 e. The van der Waals surface area contributed by atoms with Gasteiger partial charge >= 0.3 is 0 Å². The first-order chi connectivity index (χ1) is 7.67. The van der Waals surface area contributed by atoms with E-state index in [1.54, 1.807) is 0 Å². The number of likely N-dealkylation sites (tertiary alicyclic amines) is 1. The molecule has 2 atom stereocenters. The third kappa shape index (κ3) is 5.93. The smallest absolute Gasteiger partial charge is 0.193 e. The molecule has 102 valence electrons. The van der Waals surface area contributed by atoms with Gasteiger partial charge in [0.2, 0.25) is 0 Å². The van der Waals surface area contributed by atoms with Crippen LogP contribution in [0.4, 0.5) is 0 Å². The zero-order chi connectivity index (χ0) is 12.0. The van der Waals surface area contributed by atoms with E-state index in [4.69, 9.17) is 0 Å². The molecule has 3 nitrogen and oxygen atoms in total. The van der Waals surface area contributed by atoms with Gasteiger partial charge in [-0.3, -0.25) is 4.99 Å². The lowest BCUT2D eigenvalue weighted by Gasteiger charge is -2.37. The molecule has 0 spiro atoms. The topological polar surface area (TPSA) is 27.6 Å². The van der Waals surface area contributed by atoms with Gasteiger partial charge in [0.05, 0.1) is 0 Å². The maximum atomic E-state index is 4.66. The van der Waals surface area contributed by atoms with Gasteiger partial charge < -0.3 is 10.2 Å². The van der Waals surface area contributed by atoms with Crippen molar-refractivity contribution in [1.82, 2.24) is 10.2 Å². The summed E-state index contributed by atoms with van der Waals surface area (Å²) in [7, 11) is 0. The molecule has 1 rings (SSSR count). The zero-order valence-electron chi connectivity index (χ0n) is 11.7. The highest BCUT2D eigenvalue weighted by Crippen LogP contribution is 2.20. The highest BCUT2D eigenvalue weighted by Gasteiger charge is 2.23. The summed E-state index contributed by atoms with van der Waals surface area (Å²) in [6.07, 6.45) is 2.47. The maximum absolute atomic E-state index is 4.66. The molecule has 1 aliphatic heterocycles. The van der Waals surface area contributed by atoms with Crippen LogP contribution in [0, 0.1) is 11.8 Å². The summed E-state index contributed by atoms with van der Waals surface area (Å²) in [5, 5.41) is 3.40. The summed E-state index contributed by atoms with van der Waals surface area (Å²) in [6, 6.07) is 0. The molecule has 2 unspecified atom stereocenters. The fraction of sp³-hybridized carbons (Fsp3) is 0.923. The number of hydrogen-bond donors (Lipinski definition) is 1. The molecular formula is C13H28IN3. The quantitative estimate of drug-likeness (QED) is 0.480. The van der Waals surface area contributed by atoms with Crippen molar-refractivity contribution in [2.75, 3.05) is 26.2 Å². The number of piperidine rings is 1. The number of guanidine groups is 1. The van der Waals surface area contributed by atoms with Crippen molar-refractivity contribution in [3.05, 3.63) is 0 Å². The molecule has 0 radical (unpaired) electrons. The van der Waals surface area contributed by atoms with E-state index in [2.05, 4.69) is 42.9 Å². The van der Waals surface area contributed by atoms with Gasteiger partial charge in [-0.2, -0.15) is 0 Å². The third-order valence-corrected chi connectivity index (χ3v) is 2.99. The Kier molecular flexibility index (Phi) is 9.00. The van der Waals surface area contributed by atoms with E-state index in [-0.39, 0.29) is 24.0 Å². The summed E-state index contributed by atoms with van der Waals surface area (Å²) < 4.78 is 0. The lowest BCUT2D eigenvalue weighted by atomic mass is 9.92. The lowest BCUT2D eigenvalue weighted by molar-refractivity contribution is 0.208. The Hall–Kier alpha value is 0. The van der Waals surface area contributed by atoms with Crippen LogP contribution in [0.2, 0.25) is 0 Å². The van der Waals surface area contributed by atoms with Gasteiger partial charge in [-0.1, -0.05) is 20.8 Å². The molecule has 1 fully saturated rings. The number of hydrogen-bond acceptors (Lipinski definition) is 1. The van der Waals surface area contributed by atoms with E-state index in [9.17, 15) is 0 Å². The van der Waals surface area contributed by atoms with Gasteiger partial charge in [0.1, 0.15) is 0 Å². The van der Waals surface area contributed by atoms with Crippen LogP contribution in [-0.4, -0.2) is 37.0 Å². The fourth-order valence-corrected chi connectivity index (χ4v) is 2.48. The molecule has 0 aromatic heterocycles. The van der Waals surface area contributed by atoms with Crippen LogP contribution in [0.15, 0.2) is 4.99 Å². The van der Waals surface area contributed by atoms with Crippen molar-refractivity contribution in [2.24, 2.45) is 16.8 Å². The Balaban J connectivity index is 0.00000256. The number of rotatable bonds is 3. The van der Waals surface area contributed by atoms with Crippen molar-refractivity contribution >= 4 is 29.9 Å². The standard InChI is InChI=1S/C13H27N3.HI/c1-5-7-15-13(14-6-2)16-9-11(3)8-12(4)10-16;/h11-12H,5-10H2,1-4H3,(H,14,15);1H. The minimum Gasteiger partial charge on any atom is -0.357 e. The fourth-order valence-electron chi connectivity index (χ4n) is 2.48. The molecule has 0 saturated carbocycles. The highest BCUT2D eigenvalue weighted by atomic mass is 127. The van der Waals surface area contributed by atoms with Crippen LogP contribution in [0.1, 0.15) is 40.5 Å². The SMILES string of the molecule is CCCN=C(NCC)N1CC(C)CC(C)C1.I. The van der Waals surface area contributed by atoms with Crippen LogP contribution in [-0.2, 0) is 0 Å². The Bertz CT molecular complexity index is 221. The van der Waals surface area contributed by atoms with Gasteiger partial charge in [-0.15, -0.1) is 24.0 Å². The van der Waals surface area contributed by atoms with Gasteiger partial charge in [0.25, 0.3) is 0 Å². The molecule has 4 heteroatoms. The third-order valence-electron chi connectivity index (χ3n) is 2.99. The second-order valence-corrected chi connectivity index (χ2v) is 5.09. The van der Waals surface area contributed by atoms with Crippen molar-refractivity contribution in [3.63, 3.8) is 0 Å². The van der Waals surface area contributed by atoms with Crippen LogP contribution in [0.3, 0.4) is 0 Å². The second-order valence-electron chi connectivity index (χ2n) is 5.09. The molecule has 0 aromatic carbocycles. The molecule has 1 saturated heterocycles. The minimum atomic E-state index is 0. The molecule has 1 heterocycles. The van der Waals surface area contributed by atoms with Crippen molar-refractivity contribution in [3.8, 4) is 0 Å². The van der Waals surface area contributed by atoms with Crippen LogP contribution in [0.25, 0.3) is 0 Å². The first-order valence-electron chi connectivity index (χ1n) is 6.70. The zero-order valence-corrected chi connectivity index (χ0v) is 14.0. The average Bonchev–Trinajstić information content (AvgIpc) is 2.22. The predicted molar refractivity (Wildman–Crippen MR) is 86.2 cm³/mol. The van der Waals surface area contributed by atoms with Gasteiger partial charge in [0.15, 0.2) is 5.96 Å². The van der Waals surface area contributed by atoms with Crippen molar-refractivity contribution in [1.29, 1.82) is 0 Å². The van der Waals surface area contributed by atoms with E-state index < -0.39 is 0 Å². The van der Waals surface area contributed by atoms with E-state index in [1.807, 2.05) is 0 Å². The molecule has 1 N–H and O–H groups in total. The van der Waals surface area contributed by atoms with E-state index in [1.165, 1.54) is 6.42 Å². The summed E-state index contributed by atoms with van der Waals surface area (Å²) in [5.74, 6) is 2.69. The van der Waals surface area contributed by atoms with Crippen LogP contribution < -0.4 is 5.32 Å². The van der Waals surface area contributed by atoms with Gasteiger partial charge in [0, 0.05) is 26.2 Å². The summed E-state index contributed by atoms with van der Waals surface area (Å²) in [6.45, 7) is 13.2. The first-order valence-corrected chi connectivity index (χ1v) is 6.70. The van der Waals surface area contributed by atoms with E-state index in [0.29, 0.717) is 0 Å². The van der Waals surface area contributed by atoms with Crippen LogP contribution in [0.5, 0.6) is 0 Å². The van der Waals surface area contributed by atoms with E-state index >= 15 is 0 Å². The van der Waals surface area contributed by atoms with E-state index in [0.717, 1.165) is 50.4 Å². The van der Waals surface area contributed by atoms with Crippen LogP contribution >= 0.6 is 24.0 Å². The molecule has 0 aliphatic carbocycles. The average molecular weight is 353 g/mol. The Labute approximate surface area is 123 Å². The number of nitrogens with zero attached hydrogens (tertiary/aromatic N) is 2. The second kappa shape index (κ2) is 9.00. The Morgan fingerprint density at radius 1 is 1.24 bits per heavy atom. The number of nitrogens with one attached hydrogen (secondary N) is 1. The molecule has 17 heavy (non-hydrogen) atoms. The summed E-state index contributed by atoms with van der Waals surface area (Å²) in [5.41, 5.74) is 0. The summed E-state index contributed by atoms with van der Waals surface area (Å²) >= 11 is 0. The van der Waals surface area contributed by atoms with Crippen molar-refractivity contribution in [2.45, 2.75) is 40.5 Å². The predicted octanol–water partition coefficient (Wildman–Crippen LogP) is 2.96. The van der Waals surface area contributed by atoms with Crippen molar-refractivity contribution < 1.29 is 0 Å². The highest BCUT2D eigenvalue weighted by molar-refractivity contribution is 14.0. The molecule has 0 aromatic rings. The monoisotopic (exact) mass is 353 g/mol. The Morgan fingerprint density at radius 3 is 2.29 bits per heavy atom. The Morgan fingerprint density at radius 2 is 1.82 bits per heavy atom. The number of aliphatic imine (C=N–C) groups is 1. The summed E-state index contributed by atoms with van der Waals surface area (Å²) in [4.78, 5) is 7.08. The molecule has 0 amide bonds. The molecule has 1 aliphatic rings. The van der Waals surface area contributed by atoms with Gasteiger partial charge in [-0.05, 0) is 31.6 Å². The van der Waals surface area contributed by atoms with Gasteiger partial charge in [-0.25, -0.2) is 0 Å². The molecular weight excluding hydrogens is 325 g/mol. The molecule has 0 bridgehead atoms. The normalized spacial score (nSPS) is 25.4. The largest absolute Gasteiger partial charge is 0.357 e. The number of halogens is 1.